The van der Waals surface area contributed by atoms with Crippen LogP contribution in [0, 0.1) is 5.92 Å². The standard InChI is InChI=1S/C14H20N2O2/c1-9-6-10(2)16(8-9)13-5-4-11(7-12(13)15)14(17)18-3/h4-5,7,9-10H,6,8,15H2,1-3H3. The topological polar surface area (TPSA) is 55.6 Å². The lowest BCUT2D eigenvalue weighted by atomic mass is 10.1. The first-order valence-electron chi connectivity index (χ1n) is 6.27. The molecule has 98 valence electrons. The van der Waals surface area contributed by atoms with E-state index in [0.717, 1.165) is 12.2 Å². The minimum absolute atomic E-state index is 0.351. The summed E-state index contributed by atoms with van der Waals surface area (Å²) in [4.78, 5) is 13.7. The van der Waals surface area contributed by atoms with Crippen LogP contribution in [0.5, 0.6) is 0 Å². The van der Waals surface area contributed by atoms with Gasteiger partial charge in [-0.15, -0.1) is 0 Å². The van der Waals surface area contributed by atoms with Crippen LogP contribution >= 0.6 is 0 Å². The molecule has 2 N–H and O–H groups in total. The molecule has 0 bridgehead atoms. The Balaban J connectivity index is 2.27. The molecular formula is C14H20N2O2. The summed E-state index contributed by atoms with van der Waals surface area (Å²) < 4.78 is 4.69. The van der Waals surface area contributed by atoms with Gasteiger partial charge in [0.15, 0.2) is 0 Å². The first-order valence-corrected chi connectivity index (χ1v) is 6.27. The molecule has 1 saturated heterocycles. The van der Waals surface area contributed by atoms with Gasteiger partial charge in [0, 0.05) is 12.6 Å². The molecule has 2 rings (SSSR count). The van der Waals surface area contributed by atoms with Gasteiger partial charge in [-0.3, -0.25) is 0 Å². The van der Waals surface area contributed by atoms with E-state index in [2.05, 4.69) is 23.5 Å². The van der Waals surface area contributed by atoms with Crippen LogP contribution < -0.4 is 10.6 Å². The Morgan fingerprint density at radius 1 is 1.44 bits per heavy atom. The molecule has 4 heteroatoms. The fourth-order valence-electron chi connectivity index (χ4n) is 2.70. The van der Waals surface area contributed by atoms with Gasteiger partial charge in [-0.1, -0.05) is 6.92 Å². The van der Waals surface area contributed by atoms with E-state index in [9.17, 15) is 4.79 Å². The number of rotatable bonds is 2. The molecule has 2 unspecified atom stereocenters. The molecule has 0 aromatic heterocycles. The van der Waals surface area contributed by atoms with Crippen LogP contribution in [0.15, 0.2) is 18.2 Å². The second-order valence-corrected chi connectivity index (χ2v) is 5.11. The highest BCUT2D eigenvalue weighted by Crippen LogP contribution is 2.33. The maximum absolute atomic E-state index is 11.4. The van der Waals surface area contributed by atoms with Crippen molar-refractivity contribution < 1.29 is 9.53 Å². The molecular weight excluding hydrogens is 228 g/mol. The van der Waals surface area contributed by atoms with Crippen LogP contribution in [0.4, 0.5) is 11.4 Å². The molecule has 4 nitrogen and oxygen atoms in total. The number of hydrogen-bond acceptors (Lipinski definition) is 4. The van der Waals surface area contributed by atoms with Crippen LogP contribution in [-0.4, -0.2) is 25.7 Å². The smallest absolute Gasteiger partial charge is 0.337 e. The van der Waals surface area contributed by atoms with Gasteiger partial charge in [0.1, 0.15) is 0 Å². The Hall–Kier alpha value is -1.71. The first kappa shape index (κ1) is 12.7. The Kier molecular flexibility index (Phi) is 3.45. The highest BCUT2D eigenvalue weighted by molar-refractivity contribution is 5.92. The van der Waals surface area contributed by atoms with Crippen molar-refractivity contribution in [3.8, 4) is 0 Å². The predicted octanol–water partition coefficient (Wildman–Crippen LogP) is 2.29. The number of nitrogen functional groups attached to an aromatic ring is 1. The van der Waals surface area contributed by atoms with Crippen LogP contribution in [0.3, 0.4) is 0 Å². The van der Waals surface area contributed by atoms with Crippen LogP contribution in [-0.2, 0) is 4.74 Å². The van der Waals surface area contributed by atoms with E-state index in [0.29, 0.717) is 23.2 Å². The molecule has 1 aliphatic rings. The molecule has 0 saturated carbocycles. The van der Waals surface area contributed by atoms with Gasteiger partial charge in [-0.2, -0.15) is 0 Å². The van der Waals surface area contributed by atoms with Crippen molar-refractivity contribution >= 4 is 17.3 Å². The van der Waals surface area contributed by atoms with Gasteiger partial charge >= 0.3 is 5.97 Å². The number of methoxy groups -OCH3 is 1. The maximum Gasteiger partial charge on any atom is 0.337 e. The predicted molar refractivity (Wildman–Crippen MR) is 72.8 cm³/mol. The summed E-state index contributed by atoms with van der Waals surface area (Å²) in [5.74, 6) is 0.329. The highest BCUT2D eigenvalue weighted by Gasteiger charge is 2.27. The molecule has 1 fully saturated rings. The lowest BCUT2D eigenvalue weighted by Gasteiger charge is -2.25. The van der Waals surface area contributed by atoms with Gasteiger partial charge in [0.25, 0.3) is 0 Å². The molecule has 0 radical (unpaired) electrons. The van der Waals surface area contributed by atoms with E-state index >= 15 is 0 Å². The first-order chi connectivity index (χ1) is 8.52. The van der Waals surface area contributed by atoms with E-state index in [1.165, 1.54) is 13.5 Å². The lowest BCUT2D eigenvalue weighted by molar-refractivity contribution is 0.0601. The Bertz CT molecular complexity index is 459. The summed E-state index contributed by atoms with van der Waals surface area (Å²) in [5.41, 5.74) is 8.20. The summed E-state index contributed by atoms with van der Waals surface area (Å²) >= 11 is 0. The Morgan fingerprint density at radius 3 is 2.67 bits per heavy atom. The summed E-state index contributed by atoms with van der Waals surface area (Å²) in [7, 11) is 1.37. The third-order valence-corrected chi connectivity index (χ3v) is 3.54. The fourth-order valence-corrected chi connectivity index (χ4v) is 2.70. The van der Waals surface area contributed by atoms with Crippen LogP contribution in [0.1, 0.15) is 30.6 Å². The number of ether oxygens (including phenoxy) is 1. The number of carbonyl (C=O) groups excluding carboxylic acids is 1. The van der Waals surface area contributed by atoms with E-state index in [-0.39, 0.29) is 5.97 Å². The number of benzene rings is 1. The largest absolute Gasteiger partial charge is 0.465 e. The highest BCUT2D eigenvalue weighted by atomic mass is 16.5. The zero-order valence-corrected chi connectivity index (χ0v) is 11.1. The van der Waals surface area contributed by atoms with Crippen LogP contribution in [0.2, 0.25) is 0 Å². The molecule has 18 heavy (non-hydrogen) atoms. The number of nitrogens with zero attached hydrogens (tertiary/aromatic N) is 1. The van der Waals surface area contributed by atoms with Gasteiger partial charge in [-0.05, 0) is 37.5 Å². The number of esters is 1. The second-order valence-electron chi connectivity index (χ2n) is 5.11. The number of hydrogen-bond donors (Lipinski definition) is 1. The van der Waals surface area contributed by atoms with E-state index in [1.54, 1.807) is 12.1 Å². The van der Waals surface area contributed by atoms with Crippen molar-refractivity contribution in [3.63, 3.8) is 0 Å². The Morgan fingerprint density at radius 2 is 2.17 bits per heavy atom. The van der Waals surface area contributed by atoms with Crippen molar-refractivity contribution in [1.29, 1.82) is 0 Å². The minimum Gasteiger partial charge on any atom is -0.465 e. The lowest BCUT2D eigenvalue weighted by Crippen LogP contribution is -2.27. The fraction of sp³-hybridized carbons (Fsp3) is 0.500. The summed E-state index contributed by atoms with van der Waals surface area (Å²) in [6, 6.07) is 5.87. The van der Waals surface area contributed by atoms with E-state index < -0.39 is 0 Å². The normalized spacial score (nSPS) is 23.2. The number of anilines is 2. The van der Waals surface area contributed by atoms with Gasteiger partial charge in [0.05, 0.1) is 24.0 Å². The number of nitrogens with two attached hydrogens (primary N) is 1. The molecule has 1 aliphatic heterocycles. The average molecular weight is 248 g/mol. The Labute approximate surface area is 108 Å². The van der Waals surface area contributed by atoms with E-state index in [1.807, 2.05) is 6.07 Å². The zero-order chi connectivity index (χ0) is 13.3. The second kappa shape index (κ2) is 4.88. The van der Waals surface area contributed by atoms with E-state index in [4.69, 9.17) is 5.73 Å². The maximum atomic E-state index is 11.4. The van der Waals surface area contributed by atoms with Crippen LogP contribution in [0.25, 0.3) is 0 Å². The molecule has 0 spiro atoms. The quantitative estimate of drug-likeness (QED) is 0.644. The summed E-state index contributed by atoms with van der Waals surface area (Å²) in [6.07, 6.45) is 1.18. The molecule has 0 aliphatic carbocycles. The summed E-state index contributed by atoms with van der Waals surface area (Å²) in [6.45, 7) is 5.47. The molecule has 1 heterocycles. The summed E-state index contributed by atoms with van der Waals surface area (Å²) in [5, 5.41) is 0. The molecule has 1 aromatic carbocycles. The average Bonchev–Trinajstić information content (AvgIpc) is 2.67. The van der Waals surface area contributed by atoms with Gasteiger partial charge in [-0.25, -0.2) is 4.79 Å². The SMILES string of the molecule is COC(=O)c1ccc(N2CC(C)CC2C)c(N)c1. The van der Waals surface area contributed by atoms with Crippen molar-refractivity contribution in [1.82, 2.24) is 0 Å². The third kappa shape index (κ3) is 2.28. The van der Waals surface area contributed by atoms with Crippen molar-refractivity contribution in [3.05, 3.63) is 23.8 Å². The molecule has 1 aromatic rings. The van der Waals surface area contributed by atoms with Crippen molar-refractivity contribution in [2.24, 2.45) is 5.92 Å². The van der Waals surface area contributed by atoms with Crippen molar-refractivity contribution in [2.75, 3.05) is 24.3 Å². The van der Waals surface area contributed by atoms with Gasteiger partial charge in [0.2, 0.25) is 0 Å². The van der Waals surface area contributed by atoms with Crippen molar-refractivity contribution in [2.45, 2.75) is 26.3 Å². The zero-order valence-electron chi connectivity index (χ0n) is 11.1. The molecule has 0 amide bonds. The minimum atomic E-state index is -0.351. The third-order valence-electron chi connectivity index (χ3n) is 3.54. The molecule has 2 atom stereocenters. The monoisotopic (exact) mass is 248 g/mol. The van der Waals surface area contributed by atoms with Gasteiger partial charge < -0.3 is 15.4 Å². The number of carbonyl (C=O) groups is 1.